The Balaban J connectivity index is 0.603. The maximum absolute atomic E-state index is 6.70. The molecule has 130 heavy (non-hydrogen) atoms. The van der Waals surface area contributed by atoms with E-state index in [1.54, 1.807) is 0 Å². The fourth-order valence-electron chi connectivity index (χ4n) is 21.1. The molecule has 0 atom stereocenters. The Morgan fingerprint density at radius 1 is 0.162 bits per heavy atom. The van der Waals surface area contributed by atoms with Crippen LogP contribution in [0.1, 0.15) is 0 Å². The van der Waals surface area contributed by atoms with Gasteiger partial charge in [0.05, 0.1) is 50.5 Å². The SMILES string of the molecule is c1ccc(-c2cccc3c2oc2ccccc23)c(-c2ccc(N(c3ccc4c5ccccc5c5ccccc5c4c3)c3ccccc3-c3ccccc3-n3c4ccccc4c4ccc(-c5ccc6c7ccccc7n(-c7ccccc7-c7ccccc7N(c7ccc(-c8ccccc8-c8cccc9c8oc8ccccc89)cc7)c7cccc8ccccc78)c6c5)cc43)cc2)c1. The Bertz CT molecular complexity index is 9050. The number of furan rings is 2. The van der Waals surface area contributed by atoms with E-state index in [2.05, 4.69) is 480 Å². The molecule has 0 N–H and O–H groups in total. The maximum Gasteiger partial charge on any atom is 0.143 e. The quantitative estimate of drug-likeness (QED) is 0.0960. The van der Waals surface area contributed by atoms with Gasteiger partial charge in [0.25, 0.3) is 0 Å². The number of hydrogen-bond acceptors (Lipinski definition) is 4. The third-order valence-corrected chi connectivity index (χ3v) is 27.0. The number of anilines is 6. The van der Waals surface area contributed by atoms with E-state index in [9.17, 15) is 0 Å². The molecule has 22 aromatic carbocycles. The lowest BCUT2D eigenvalue weighted by molar-refractivity contribution is 0.669. The highest BCUT2D eigenvalue weighted by atomic mass is 16.3. The highest BCUT2D eigenvalue weighted by Crippen LogP contribution is 2.52. The highest BCUT2D eigenvalue weighted by Gasteiger charge is 2.28. The van der Waals surface area contributed by atoms with Gasteiger partial charge in [0.15, 0.2) is 0 Å². The summed E-state index contributed by atoms with van der Waals surface area (Å²) in [5.74, 6) is 0. The number of rotatable bonds is 15. The van der Waals surface area contributed by atoms with Gasteiger partial charge in [-0.3, -0.25) is 0 Å². The van der Waals surface area contributed by atoms with Gasteiger partial charge < -0.3 is 27.8 Å². The van der Waals surface area contributed by atoms with Crippen molar-refractivity contribution in [3.8, 4) is 89.3 Å². The molecule has 26 rings (SSSR count). The Morgan fingerprint density at radius 2 is 0.477 bits per heavy atom. The first-order valence-corrected chi connectivity index (χ1v) is 44.6. The van der Waals surface area contributed by atoms with E-state index in [0.717, 1.165) is 200 Å². The monoisotopic (exact) mass is 1650 g/mol. The molecule has 606 valence electrons. The summed E-state index contributed by atoms with van der Waals surface area (Å²) < 4.78 is 18.4. The molecule has 0 aliphatic heterocycles. The van der Waals surface area contributed by atoms with Crippen LogP contribution < -0.4 is 9.80 Å². The summed E-state index contributed by atoms with van der Waals surface area (Å²) >= 11 is 0. The summed E-state index contributed by atoms with van der Waals surface area (Å²) in [6, 6.07) is 174. The van der Waals surface area contributed by atoms with Gasteiger partial charge in [-0.15, -0.1) is 0 Å². The van der Waals surface area contributed by atoms with Crippen LogP contribution in [0.2, 0.25) is 0 Å². The van der Waals surface area contributed by atoms with Crippen LogP contribution >= 0.6 is 0 Å². The zero-order chi connectivity index (χ0) is 85.4. The molecular weight excluding hydrogens is 1580 g/mol. The van der Waals surface area contributed by atoms with Crippen LogP contribution in [-0.2, 0) is 0 Å². The molecule has 0 unspecified atom stereocenters. The number of aromatic nitrogens is 2. The maximum atomic E-state index is 6.70. The second-order valence-electron chi connectivity index (χ2n) is 34.0. The third-order valence-electron chi connectivity index (χ3n) is 27.0. The Labute approximate surface area is 749 Å². The first kappa shape index (κ1) is 74.1. The first-order chi connectivity index (χ1) is 64.5. The second kappa shape index (κ2) is 30.2. The minimum absolute atomic E-state index is 0.882. The molecule has 0 saturated heterocycles. The fraction of sp³-hybridized carbons (Fsp3) is 0. The van der Waals surface area contributed by atoms with Gasteiger partial charge in [0, 0.05) is 98.9 Å². The molecule has 26 aromatic rings. The van der Waals surface area contributed by atoms with E-state index in [-0.39, 0.29) is 0 Å². The molecule has 0 spiro atoms. The highest BCUT2D eigenvalue weighted by molar-refractivity contribution is 6.26. The average Bonchev–Trinajstić information content (AvgIpc) is 1.47. The van der Waals surface area contributed by atoms with Crippen LogP contribution in [0.15, 0.2) is 482 Å². The summed E-state index contributed by atoms with van der Waals surface area (Å²) in [5, 5.41) is 18.8. The number of para-hydroxylation sites is 10. The molecule has 4 heterocycles. The smallest absolute Gasteiger partial charge is 0.143 e. The molecule has 0 bridgehead atoms. The lowest BCUT2D eigenvalue weighted by Crippen LogP contribution is -2.12. The molecule has 0 saturated carbocycles. The fourth-order valence-corrected chi connectivity index (χ4v) is 21.1. The van der Waals surface area contributed by atoms with Gasteiger partial charge in [0.2, 0.25) is 0 Å². The van der Waals surface area contributed by atoms with Crippen molar-refractivity contribution in [3.63, 3.8) is 0 Å². The molecule has 0 aliphatic rings. The minimum Gasteiger partial charge on any atom is -0.455 e. The summed E-state index contributed by atoms with van der Waals surface area (Å²) in [5.41, 5.74) is 31.8. The minimum atomic E-state index is 0.882. The summed E-state index contributed by atoms with van der Waals surface area (Å²) in [4.78, 5) is 4.94. The predicted octanol–water partition coefficient (Wildman–Crippen LogP) is 34.9. The summed E-state index contributed by atoms with van der Waals surface area (Å²) in [7, 11) is 0. The predicted molar refractivity (Wildman–Crippen MR) is 547 cm³/mol. The van der Waals surface area contributed by atoms with Gasteiger partial charge in [-0.2, -0.15) is 0 Å². The number of hydrogen-bond donors (Lipinski definition) is 0. The number of benzene rings is 22. The van der Waals surface area contributed by atoms with Crippen molar-refractivity contribution in [1.82, 2.24) is 9.13 Å². The molecule has 0 aliphatic carbocycles. The Hall–Kier alpha value is -17.3. The van der Waals surface area contributed by atoms with E-state index in [1.165, 1.54) is 53.9 Å². The van der Waals surface area contributed by atoms with Crippen molar-refractivity contribution in [3.05, 3.63) is 473 Å². The van der Waals surface area contributed by atoms with Crippen LogP contribution in [0.25, 0.3) is 220 Å². The largest absolute Gasteiger partial charge is 0.455 e. The van der Waals surface area contributed by atoms with Gasteiger partial charge in [-0.25, -0.2) is 0 Å². The summed E-state index contributed by atoms with van der Waals surface area (Å²) in [6.07, 6.45) is 0. The van der Waals surface area contributed by atoms with Gasteiger partial charge in [-0.1, -0.05) is 370 Å². The Kier molecular flexibility index (Phi) is 17.2. The van der Waals surface area contributed by atoms with Crippen molar-refractivity contribution < 1.29 is 8.83 Å². The molecule has 6 nitrogen and oxygen atoms in total. The normalized spacial score (nSPS) is 11.8. The molecule has 6 heteroatoms. The molecule has 4 aromatic heterocycles. The van der Waals surface area contributed by atoms with Crippen LogP contribution in [0.3, 0.4) is 0 Å². The van der Waals surface area contributed by atoms with Gasteiger partial charge >= 0.3 is 0 Å². The van der Waals surface area contributed by atoms with Crippen LogP contribution in [-0.4, -0.2) is 9.13 Å². The van der Waals surface area contributed by atoms with Crippen LogP contribution in [0, 0.1) is 0 Å². The van der Waals surface area contributed by atoms with Crippen molar-refractivity contribution in [2.75, 3.05) is 9.80 Å². The van der Waals surface area contributed by atoms with E-state index in [4.69, 9.17) is 8.83 Å². The molecule has 0 radical (unpaired) electrons. The lowest BCUT2D eigenvalue weighted by atomic mass is 9.93. The first-order valence-electron chi connectivity index (χ1n) is 44.6. The van der Waals surface area contributed by atoms with E-state index in [1.807, 2.05) is 12.1 Å². The zero-order valence-corrected chi connectivity index (χ0v) is 70.6. The average molecular weight is 1660 g/mol. The topological polar surface area (TPSA) is 42.6 Å². The number of nitrogens with zero attached hydrogens (tertiary/aromatic N) is 4. The van der Waals surface area contributed by atoms with E-state index >= 15 is 0 Å². The lowest BCUT2D eigenvalue weighted by Gasteiger charge is -2.30. The van der Waals surface area contributed by atoms with Crippen LogP contribution in [0.4, 0.5) is 34.1 Å². The van der Waals surface area contributed by atoms with Gasteiger partial charge in [0.1, 0.15) is 22.3 Å². The van der Waals surface area contributed by atoms with Crippen molar-refractivity contribution in [1.29, 1.82) is 0 Å². The van der Waals surface area contributed by atoms with Crippen molar-refractivity contribution >= 4 is 165 Å². The molecular formula is C124H78N4O2. The second-order valence-corrected chi connectivity index (χ2v) is 34.0. The molecule has 0 fully saturated rings. The van der Waals surface area contributed by atoms with Crippen molar-refractivity contribution in [2.45, 2.75) is 0 Å². The summed E-state index contributed by atoms with van der Waals surface area (Å²) in [6.45, 7) is 0. The van der Waals surface area contributed by atoms with Gasteiger partial charge in [-0.05, 0) is 185 Å². The van der Waals surface area contributed by atoms with Crippen LogP contribution in [0.5, 0.6) is 0 Å². The van der Waals surface area contributed by atoms with E-state index < -0.39 is 0 Å². The standard InChI is InChI=1S/C124H78N4O2/c1-2-34-89-79(30-1)31-27-59-112(89)126(85-70-64-81(65-71-85)88-33-4-6-36-91(88)108-50-29-52-110-106-48-18-26-61-122(106)130-124(108)110)114-54-20-12-42-98(114)100-44-14-22-56-116(100)128-118-58-24-16-46-102(118)104-74-67-83(77-120(104)128)82-66-73-103-101-45-15-23-57-117(101)127(119(103)76-82)115-55-21-13-43-99(115)97-41-11-19-53-113(97)125(86-72-75-96-94-39-8-7-37-92(94)93-38-9-10-40-95(93)111(96)78-86)84-68-62-80(63-69-84)87-32-3-5-35-90(87)107-49-28-51-109-105-47-17-25-60-121(105)129-123(107)109/h1-78H. The Morgan fingerprint density at radius 3 is 0.985 bits per heavy atom. The molecule has 0 amide bonds. The van der Waals surface area contributed by atoms with E-state index in [0.29, 0.717) is 0 Å². The van der Waals surface area contributed by atoms with Crippen molar-refractivity contribution in [2.24, 2.45) is 0 Å². The zero-order valence-electron chi connectivity index (χ0n) is 70.6. The third kappa shape index (κ3) is 11.9. The number of fused-ring (bicyclic) bond motifs is 19.